The zero-order valence-electron chi connectivity index (χ0n) is 12.4. The lowest BCUT2D eigenvalue weighted by atomic mass is 9.97. The monoisotopic (exact) mass is 298 g/mol. The van der Waals surface area contributed by atoms with Gasteiger partial charge in [-0.3, -0.25) is 4.79 Å². The Labute approximate surface area is 124 Å². The summed E-state index contributed by atoms with van der Waals surface area (Å²) in [5.41, 5.74) is 0.517. The molecule has 1 aliphatic rings. The molecule has 0 saturated carbocycles. The second-order valence-corrected chi connectivity index (χ2v) is 6.14. The summed E-state index contributed by atoms with van der Waals surface area (Å²) in [6.45, 7) is 6.89. The number of hydrogen-bond acceptors (Lipinski definition) is 4. The Hall–Kier alpha value is -1.07. The van der Waals surface area contributed by atoms with Crippen LogP contribution in [0.5, 0.6) is 0 Å². The number of aromatic nitrogens is 2. The number of anilines is 1. The van der Waals surface area contributed by atoms with Crippen LogP contribution in [0.1, 0.15) is 32.7 Å². The maximum atomic E-state index is 12.2. The minimum atomic E-state index is -0.212. The Kier molecular flexibility index (Phi) is 5.05. The molecule has 0 bridgehead atoms. The van der Waals surface area contributed by atoms with Gasteiger partial charge >= 0.3 is 0 Å². The molecular formula is C14H23ClN4O. The first-order valence-corrected chi connectivity index (χ1v) is 7.57. The Morgan fingerprint density at radius 3 is 2.75 bits per heavy atom. The van der Waals surface area contributed by atoms with Gasteiger partial charge in [0.15, 0.2) is 0 Å². The van der Waals surface area contributed by atoms with Crippen LogP contribution in [0.4, 0.5) is 5.69 Å². The van der Waals surface area contributed by atoms with Gasteiger partial charge in [0.1, 0.15) is 5.02 Å². The largest absolute Gasteiger partial charge is 0.372 e. The third kappa shape index (κ3) is 3.33. The maximum absolute atomic E-state index is 12.2. The van der Waals surface area contributed by atoms with Crippen molar-refractivity contribution in [2.45, 2.75) is 32.7 Å². The second-order valence-electron chi connectivity index (χ2n) is 5.76. The summed E-state index contributed by atoms with van der Waals surface area (Å²) < 4.78 is 1.42. The molecule has 1 aromatic rings. The minimum absolute atomic E-state index is 0.0174. The van der Waals surface area contributed by atoms with Crippen molar-refractivity contribution in [2.24, 2.45) is 5.92 Å². The zero-order chi connectivity index (χ0) is 14.7. The normalized spacial score (nSPS) is 16.6. The zero-order valence-corrected chi connectivity index (χ0v) is 13.2. The summed E-state index contributed by atoms with van der Waals surface area (Å²) in [6, 6.07) is 0.0174. The van der Waals surface area contributed by atoms with Crippen LogP contribution in [0.2, 0.25) is 5.02 Å². The summed E-state index contributed by atoms with van der Waals surface area (Å²) in [4.78, 5) is 14.2. The summed E-state index contributed by atoms with van der Waals surface area (Å²) in [5, 5.41) is 7.84. The molecule has 0 aromatic carbocycles. The van der Waals surface area contributed by atoms with E-state index in [9.17, 15) is 4.79 Å². The molecule has 112 valence electrons. The van der Waals surface area contributed by atoms with Gasteiger partial charge < -0.3 is 10.2 Å². The van der Waals surface area contributed by atoms with Gasteiger partial charge in [0.25, 0.3) is 5.56 Å². The molecule has 0 spiro atoms. The van der Waals surface area contributed by atoms with Crippen LogP contribution in [0.15, 0.2) is 11.0 Å². The van der Waals surface area contributed by atoms with Gasteiger partial charge in [0, 0.05) is 13.6 Å². The van der Waals surface area contributed by atoms with Gasteiger partial charge in [0.2, 0.25) is 0 Å². The van der Waals surface area contributed by atoms with E-state index < -0.39 is 0 Å². The third-order valence-electron chi connectivity index (χ3n) is 3.82. The number of halogens is 1. The maximum Gasteiger partial charge on any atom is 0.287 e. The first-order chi connectivity index (χ1) is 9.50. The van der Waals surface area contributed by atoms with Gasteiger partial charge in [-0.05, 0) is 45.7 Å². The molecule has 0 unspecified atom stereocenters. The lowest BCUT2D eigenvalue weighted by Gasteiger charge is -2.29. The fourth-order valence-corrected chi connectivity index (χ4v) is 2.90. The molecule has 1 N–H and O–H groups in total. The standard InChI is InChI=1S/C14H23ClN4O/c1-10(2)19-14(20)13(15)12(8-17-19)18(3)9-11-4-6-16-7-5-11/h8,10-11,16H,4-7,9H2,1-3H3. The highest BCUT2D eigenvalue weighted by Gasteiger charge is 2.19. The summed E-state index contributed by atoms with van der Waals surface area (Å²) >= 11 is 6.23. The predicted molar refractivity (Wildman–Crippen MR) is 82.8 cm³/mol. The van der Waals surface area contributed by atoms with Gasteiger partial charge in [0.05, 0.1) is 17.9 Å². The van der Waals surface area contributed by atoms with Gasteiger partial charge in [-0.15, -0.1) is 0 Å². The first kappa shape index (κ1) is 15.3. The predicted octanol–water partition coefficient (Wildman–Crippen LogP) is 1.91. The lowest BCUT2D eigenvalue weighted by Crippen LogP contribution is -2.35. The van der Waals surface area contributed by atoms with E-state index in [0.717, 1.165) is 25.3 Å². The topological polar surface area (TPSA) is 50.2 Å². The Bertz CT molecular complexity index is 508. The van der Waals surface area contributed by atoms with Gasteiger partial charge in [-0.2, -0.15) is 5.10 Å². The van der Waals surface area contributed by atoms with E-state index in [1.165, 1.54) is 17.5 Å². The molecule has 6 heteroatoms. The van der Waals surface area contributed by atoms with E-state index >= 15 is 0 Å². The van der Waals surface area contributed by atoms with E-state index in [1.807, 2.05) is 20.9 Å². The average Bonchev–Trinajstić information content (AvgIpc) is 2.42. The van der Waals surface area contributed by atoms with Crippen LogP contribution >= 0.6 is 11.6 Å². The van der Waals surface area contributed by atoms with Crippen molar-refractivity contribution in [1.29, 1.82) is 0 Å². The SMILES string of the molecule is CC(C)n1ncc(N(C)CC2CCNCC2)c(Cl)c1=O. The number of rotatable bonds is 4. The molecule has 1 saturated heterocycles. The van der Waals surface area contributed by atoms with E-state index in [-0.39, 0.29) is 16.6 Å². The van der Waals surface area contributed by atoms with E-state index in [2.05, 4.69) is 15.3 Å². The Balaban J connectivity index is 2.15. The molecule has 0 radical (unpaired) electrons. The molecule has 0 aliphatic carbocycles. The highest BCUT2D eigenvalue weighted by atomic mass is 35.5. The molecule has 0 atom stereocenters. The lowest BCUT2D eigenvalue weighted by molar-refractivity contribution is 0.377. The molecule has 20 heavy (non-hydrogen) atoms. The fourth-order valence-electron chi connectivity index (χ4n) is 2.62. The Morgan fingerprint density at radius 2 is 2.15 bits per heavy atom. The molecule has 1 aliphatic heterocycles. The van der Waals surface area contributed by atoms with Crippen LogP contribution in [0, 0.1) is 5.92 Å². The molecule has 2 rings (SSSR count). The van der Waals surface area contributed by atoms with E-state index in [0.29, 0.717) is 5.92 Å². The molecule has 5 nitrogen and oxygen atoms in total. The number of piperidine rings is 1. The molecule has 1 aromatic heterocycles. The average molecular weight is 299 g/mol. The van der Waals surface area contributed by atoms with Gasteiger partial charge in [-0.1, -0.05) is 11.6 Å². The molecule has 1 fully saturated rings. The van der Waals surface area contributed by atoms with Crippen molar-refractivity contribution >= 4 is 17.3 Å². The summed E-state index contributed by atoms with van der Waals surface area (Å²) in [5.74, 6) is 0.643. The second kappa shape index (κ2) is 6.59. The summed E-state index contributed by atoms with van der Waals surface area (Å²) in [7, 11) is 1.98. The van der Waals surface area contributed by atoms with Crippen molar-refractivity contribution in [1.82, 2.24) is 15.1 Å². The smallest absolute Gasteiger partial charge is 0.287 e. The highest BCUT2D eigenvalue weighted by molar-refractivity contribution is 6.33. The third-order valence-corrected chi connectivity index (χ3v) is 4.17. The molecule has 2 heterocycles. The van der Waals surface area contributed by atoms with Crippen LogP contribution in [0.3, 0.4) is 0 Å². The molecular weight excluding hydrogens is 276 g/mol. The van der Waals surface area contributed by atoms with Crippen LogP contribution in [-0.2, 0) is 0 Å². The van der Waals surface area contributed by atoms with Crippen LogP contribution in [0.25, 0.3) is 0 Å². The van der Waals surface area contributed by atoms with Crippen molar-refractivity contribution in [3.05, 3.63) is 21.6 Å². The number of hydrogen-bond donors (Lipinski definition) is 1. The van der Waals surface area contributed by atoms with Crippen LogP contribution in [-0.4, -0.2) is 36.5 Å². The van der Waals surface area contributed by atoms with Gasteiger partial charge in [-0.25, -0.2) is 4.68 Å². The number of nitrogens with one attached hydrogen (secondary N) is 1. The van der Waals surface area contributed by atoms with E-state index in [1.54, 1.807) is 6.20 Å². The van der Waals surface area contributed by atoms with Crippen molar-refractivity contribution in [2.75, 3.05) is 31.6 Å². The van der Waals surface area contributed by atoms with Crippen molar-refractivity contribution in [3.63, 3.8) is 0 Å². The van der Waals surface area contributed by atoms with Crippen molar-refractivity contribution < 1.29 is 0 Å². The van der Waals surface area contributed by atoms with E-state index in [4.69, 9.17) is 11.6 Å². The highest BCUT2D eigenvalue weighted by Crippen LogP contribution is 2.23. The van der Waals surface area contributed by atoms with Crippen LogP contribution < -0.4 is 15.8 Å². The fraction of sp³-hybridized carbons (Fsp3) is 0.714. The quantitative estimate of drug-likeness (QED) is 0.922. The first-order valence-electron chi connectivity index (χ1n) is 7.20. The Morgan fingerprint density at radius 1 is 1.50 bits per heavy atom. The summed E-state index contributed by atoms with van der Waals surface area (Å²) in [6.07, 6.45) is 4.03. The minimum Gasteiger partial charge on any atom is -0.372 e. The molecule has 0 amide bonds. The number of nitrogens with zero attached hydrogens (tertiary/aromatic N) is 3. The van der Waals surface area contributed by atoms with Crippen molar-refractivity contribution in [3.8, 4) is 0 Å².